The minimum Gasteiger partial charge on any atom is -0.409 e. The van der Waals surface area contributed by atoms with Crippen molar-refractivity contribution >= 4 is 22.9 Å². The molecule has 25 heavy (non-hydrogen) atoms. The molecule has 7 nitrogen and oxygen atoms in total. The van der Waals surface area contributed by atoms with Gasteiger partial charge < -0.3 is 10.9 Å². The predicted molar refractivity (Wildman–Crippen MR) is 97.3 cm³/mol. The Balaban J connectivity index is 2.11. The lowest BCUT2D eigenvalue weighted by atomic mass is 9.99. The zero-order chi connectivity index (χ0) is 18.0. The van der Waals surface area contributed by atoms with Crippen molar-refractivity contribution in [3.63, 3.8) is 0 Å². The summed E-state index contributed by atoms with van der Waals surface area (Å²) in [7, 11) is 0. The predicted octanol–water partition coefficient (Wildman–Crippen LogP) is 4.03. The van der Waals surface area contributed by atoms with Crippen molar-refractivity contribution in [1.82, 2.24) is 4.98 Å². The monoisotopic (exact) mass is 360 g/mol. The highest BCUT2D eigenvalue weighted by Gasteiger charge is 2.26. The van der Waals surface area contributed by atoms with Gasteiger partial charge >= 0.3 is 0 Å². The lowest BCUT2D eigenvalue weighted by Crippen LogP contribution is -2.15. The maximum Gasteiger partial charge on any atom is 0.281 e. The minimum atomic E-state index is -0.506. The van der Waals surface area contributed by atoms with Crippen molar-refractivity contribution in [3.8, 4) is 10.4 Å². The second kappa shape index (κ2) is 7.18. The number of hydrogen-bond acceptors (Lipinski definition) is 6. The van der Waals surface area contributed by atoms with Gasteiger partial charge in [0.15, 0.2) is 5.84 Å². The van der Waals surface area contributed by atoms with Crippen LogP contribution in [0, 0.1) is 10.1 Å². The SMILES string of the molecule is CCc1nc(C2CCCC2)c(-c2ccc(/C(N)=N/O)c([N+](=O)[O-])c2)s1. The Kier molecular flexibility index (Phi) is 4.98. The number of nitro benzene ring substituents is 1. The number of hydrogen-bond donors (Lipinski definition) is 2. The Morgan fingerprint density at radius 1 is 1.48 bits per heavy atom. The zero-order valence-corrected chi connectivity index (χ0v) is 14.8. The van der Waals surface area contributed by atoms with Crippen LogP contribution in [0.15, 0.2) is 23.4 Å². The molecule has 0 unspecified atom stereocenters. The Morgan fingerprint density at radius 2 is 2.20 bits per heavy atom. The molecule has 1 aromatic carbocycles. The first-order chi connectivity index (χ1) is 12.0. The molecule has 1 fully saturated rings. The van der Waals surface area contributed by atoms with Crippen LogP contribution in [0.2, 0.25) is 0 Å². The number of nitro groups is 1. The van der Waals surface area contributed by atoms with E-state index in [1.165, 1.54) is 25.0 Å². The van der Waals surface area contributed by atoms with E-state index in [1.807, 2.05) is 0 Å². The first-order valence-corrected chi connectivity index (χ1v) is 9.13. The molecule has 1 aliphatic rings. The number of nitrogens with two attached hydrogens (primary N) is 1. The molecule has 1 aliphatic carbocycles. The molecule has 2 aromatic rings. The van der Waals surface area contributed by atoms with Crippen molar-refractivity contribution in [2.75, 3.05) is 0 Å². The van der Waals surface area contributed by atoms with Gasteiger partial charge in [0.2, 0.25) is 0 Å². The van der Waals surface area contributed by atoms with Gasteiger partial charge in [-0.25, -0.2) is 4.98 Å². The highest BCUT2D eigenvalue weighted by Crippen LogP contribution is 2.42. The highest BCUT2D eigenvalue weighted by atomic mass is 32.1. The number of aromatic nitrogens is 1. The summed E-state index contributed by atoms with van der Waals surface area (Å²) in [6.07, 6.45) is 5.47. The topological polar surface area (TPSA) is 115 Å². The van der Waals surface area contributed by atoms with Gasteiger partial charge in [-0.15, -0.1) is 11.3 Å². The van der Waals surface area contributed by atoms with Crippen molar-refractivity contribution < 1.29 is 10.1 Å². The van der Waals surface area contributed by atoms with Crippen LogP contribution in [0.25, 0.3) is 10.4 Å². The lowest BCUT2D eigenvalue weighted by Gasteiger charge is -2.10. The third kappa shape index (κ3) is 3.34. The Labute approximate surface area is 149 Å². The standard InChI is InChI=1S/C17H20N4O3S/c1-2-14-19-15(10-5-3-4-6-10)16(25-14)11-7-8-12(17(18)20-22)13(9-11)21(23)24/h7-10,22H,2-6H2,1H3,(H2,18,20). The van der Waals surface area contributed by atoms with Gasteiger partial charge in [-0.1, -0.05) is 31.0 Å². The van der Waals surface area contributed by atoms with Crippen LogP contribution in [0.1, 0.15) is 54.8 Å². The van der Waals surface area contributed by atoms with Gasteiger partial charge in [-0.2, -0.15) is 0 Å². The first-order valence-electron chi connectivity index (χ1n) is 8.31. The van der Waals surface area contributed by atoms with Gasteiger partial charge in [-0.05, 0) is 25.3 Å². The second-order valence-electron chi connectivity index (χ2n) is 6.13. The van der Waals surface area contributed by atoms with E-state index in [0.717, 1.165) is 40.4 Å². The molecule has 1 heterocycles. The summed E-state index contributed by atoms with van der Waals surface area (Å²) in [5.74, 6) is 0.155. The molecule has 0 spiro atoms. The highest BCUT2D eigenvalue weighted by molar-refractivity contribution is 7.15. The molecule has 0 aliphatic heterocycles. The van der Waals surface area contributed by atoms with E-state index in [9.17, 15) is 10.1 Å². The fraction of sp³-hybridized carbons (Fsp3) is 0.412. The second-order valence-corrected chi connectivity index (χ2v) is 7.21. The molecule has 0 radical (unpaired) electrons. The van der Waals surface area contributed by atoms with Crippen LogP contribution < -0.4 is 5.73 Å². The summed E-state index contributed by atoms with van der Waals surface area (Å²) < 4.78 is 0. The van der Waals surface area contributed by atoms with E-state index >= 15 is 0 Å². The fourth-order valence-corrected chi connectivity index (χ4v) is 4.39. The van der Waals surface area contributed by atoms with E-state index in [1.54, 1.807) is 17.4 Å². The number of oxime groups is 1. The van der Waals surface area contributed by atoms with Gasteiger partial charge in [0, 0.05) is 17.5 Å². The summed E-state index contributed by atoms with van der Waals surface area (Å²) in [5.41, 5.74) is 7.33. The third-order valence-corrected chi connectivity index (χ3v) is 5.85. The molecule has 1 saturated carbocycles. The number of benzene rings is 1. The average Bonchev–Trinajstić information content (AvgIpc) is 3.29. The van der Waals surface area contributed by atoms with Gasteiger partial charge in [0.05, 0.1) is 26.1 Å². The zero-order valence-electron chi connectivity index (χ0n) is 13.9. The van der Waals surface area contributed by atoms with Crippen molar-refractivity contribution in [2.45, 2.75) is 44.9 Å². The Hall–Kier alpha value is -2.48. The quantitative estimate of drug-likeness (QED) is 0.275. The van der Waals surface area contributed by atoms with Gasteiger partial charge in [0.1, 0.15) is 0 Å². The van der Waals surface area contributed by atoms with Crippen LogP contribution >= 0.6 is 11.3 Å². The first kappa shape index (κ1) is 17.3. The molecule has 0 atom stereocenters. The van der Waals surface area contributed by atoms with Crippen molar-refractivity contribution in [3.05, 3.63) is 44.6 Å². The van der Waals surface area contributed by atoms with Crippen molar-refractivity contribution in [2.24, 2.45) is 10.9 Å². The largest absolute Gasteiger partial charge is 0.409 e. The Morgan fingerprint density at radius 3 is 2.80 bits per heavy atom. The summed E-state index contributed by atoms with van der Waals surface area (Å²) in [4.78, 5) is 16.7. The average molecular weight is 360 g/mol. The van der Waals surface area contributed by atoms with Crippen LogP contribution in [0.3, 0.4) is 0 Å². The van der Waals surface area contributed by atoms with E-state index < -0.39 is 4.92 Å². The summed E-state index contributed by atoms with van der Waals surface area (Å²) in [6.45, 7) is 2.06. The lowest BCUT2D eigenvalue weighted by molar-refractivity contribution is -0.385. The van der Waals surface area contributed by atoms with E-state index in [0.29, 0.717) is 5.92 Å². The van der Waals surface area contributed by atoms with E-state index in [2.05, 4.69) is 12.1 Å². The Bertz CT molecular complexity index is 825. The fourth-order valence-electron chi connectivity index (χ4n) is 3.31. The smallest absolute Gasteiger partial charge is 0.281 e. The maximum atomic E-state index is 11.4. The van der Waals surface area contributed by atoms with E-state index in [4.69, 9.17) is 15.9 Å². The van der Waals surface area contributed by atoms with Crippen LogP contribution in [-0.2, 0) is 6.42 Å². The van der Waals surface area contributed by atoms with Gasteiger partial charge in [0.25, 0.3) is 5.69 Å². The minimum absolute atomic E-state index is 0.110. The number of amidine groups is 1. The maximum absolute atomic E-state index is 11.4. The molecule has 0 amide bonds. The molecule has 1 aromatic heterocycles. The number of aryl methyl sites for hydroxylation is 1. The van der Waals surface area contributed by atoms with Gasteiger partial charge in [-0.3, -0.25) is 10.1 Å². The summed E-state index contributed by atoms with van der Waals surface area (Å²) >= 11 is 1.60. The number of thiazole rings is 1. The molecule has 3 rings (SSSR count). The van der Waals surface area contributed by atoms with Crippen LogP contribution in [-0.4, -0.2) is 21.0 Å². The normalized spacial score (nSPS) is 15.6. The summed E-state index contributed by atoms with van der Waals surface area (Å²) in [6, 6.07) is 4.82. The molecular weight excluding hydrogens is 340 g/mol. The van der Waals surface area contributed by atoms with Crippen molar-refractivity contribution in [1.29, 1.82) is 0 Å². The molecule has 8 heteroatoms. The molecule has 0 bridgehead atoms. The molecule has 3 N–H and O–H groups in total. The number of nitrogens with zero attached hydrogens (tertiary/aromatic N) is 3. The number of rotatable bonds is 5. The van der Waals surface area contributed by atoms with Crippen LogP contribution in [0.5, 0.6) is 0 Å². The van der Waals surface area contributed by atoms with E-state index in [-0.39, 0.29) is 17.1 Å². The van der Waals surface area contributed by atoms with Crippen LogP contribution in [0.4, 0.5) is 5.69 Å². The molecule has 132 valence electrons. The summed E-state index contributed by atoms with van der Waals surface area (Å²) in [5, 5.41) is 24.2. The molecular formula is C17H20N4O3S. The third-order valence-electron chi connectivity index (χ3n) is 4.58. The molecule has 0 saturated heterocycles.